The molecule has 0 atom stereocenters. The van der Waals surface area contributed by atoms with Crippen molar-refractivity contribution in [2.24, 2.45) is 7.05 Å². The van der Waals surface area contributed by atoms with Crippen molar-refractivity contribution in [1.82, 2.24) is 19.1 Å². The van der Waals surface area contributed by atoms with E-state index < -0.39 is 10.0 Å². The lowest BCUT2D eigenvalue weighted by molar-refractivity contribution is 0.520. The highest BCUT2D eigenvalue weighted by Crippen LogP contribution is 2.15. The molecule has 2 rings (SSSR count). The van der Waals surface area contributed by atoms with E-state index >= 15 is 0 Å². The summed E-state index contributed by atoms with van der Waals surface area (Å²) < 4.78 is 26.8. The van der Waals surface area contributed by atoms with Crippen molar-refractivity contribution in [3.63, 3.8) is 0 Å². The highest BCUT2D eigenvalue weighted by molar-refractivity contribution is 7.89. The van der Waals surface area contributed by atoms with Gasteiger partial charge in [0.05, 0.1) is 6.20 Å². The van der Waals surface area contributed by atoms with Crippen LogP contribution in [0, 0.1) is 6.92 Å². The van der Waals surface area contributed by atoms with Crippen LogP contribution in [0.4, 0.5) is 5.82 Å². The van der Waals surface area contributed by atoms with Gasteiger partial charge in [-0.25, -0.2) is 17.7 Å². The summed E-state index contributed by atoms with van der Waals surface area (Å²) in [7, 11) is 1.44. The summed E-state index contributed by atoms with van der Waals surface area (Å²) in [6.45, 7) is 2.58. The molecule has 0 spiro atoms. The molecule has 7 nitrogen and oxygen atoms in total. The molecule has 0 fully saturated rings. The number of aromatic nitrogens is 3. The molecule has 0 saturated carbocycles. The molecule has 0 bridgehead atoms. The molecular weight excluding hydrogens is 290 g/mol. The summed E-state index contributed by atoms with van der Waals surface area (Å²) in [5.74, 6) is 0.621. The zero-order chi connectivity index (χ0) is 15.6. The minimum atomic E-state index is -3.43. The van der Waals surface area contributed by atoms with E-state index in [1.54, 1.807) is 23.0 Å². The van der Waals surface area contributed by atoms with Gasteiger partial charge < -0.3 is 5.32 Å². The molecule has 0 aliphatic carbocycles. The second-order valence-electron chi connectivity index (χ2n) is 4.90. The highest BCUT2D eigenvalue weighted by atomic mass is 32.2. The second kappa shape index (κ2) is 5.82. The van der Waals surface area contributed by atoms with Gasteiger partial charge in [0.2, 0.25) is 10.0 Å². The summed E-state index contributed by atoms with van der Waals surface area (Å²) in [6.07, 6.45) is 3.15. The van der Waals surface area contributed by atoms with Crippen LogP contribution in [0.3, 0.4) is 0 Å². The van der Waals surface area contributed by atoms with Gasteiger partial charge in [-0.05, 0) is 19.1 Å². The summed E-state index contributed by atoms with van der Waals surface area (Å²) >= 11 is 0. The number of nitrogens with one attached hydrogen (secondary N) is 1. The number of rotatable bonds is 5. The molecule has 0 radical (unpaired) electrons. The van der Waals surface area contributed by atoms with Crippen molar-refractivity contribution in [1.29, 1.82) is 0 Å². The van der Waals surface area contributed by atoms with E-state index in [1.165, 1.54) is 20.3 Å². The van der Waals surface area contributed by atoms with Crippen LogP contribution in [0.25, 0.3) is 0 Å². The highest BCUT2D eigenvalue weighted by Gasteiger charge is 2.17. The fraction of sp³-hybridized carbons (Fsp3) is 0.385. The molecule has 2 aromatic rings. The SMILES string of the molecule is Cc1c(CNc2ccc(S(=O)(=O)N(C)C)cn2)cnn1C. The second-order valence-corrected chi connectivity index (χ2v) is 7.05. The van der Waals surface area contributed by atoms with E-state index in [4.69, 9.17) is 0 Å². The standard InChI is InChI=1S/C13H19N5O2S/c1-10-11(8-16-18(10)4)7-14-13-6-5-12(9-15-13)21(19,20)17(2)3/h5-6,8-9H,7H2,1-4H3,(H,14,15). The first-order valence-corrected chi connectivity index (χ1v) is 7.86. The maximum Gasteiger partial charge on any atom is 0.244 e. The van der Waals surface area contributed by atoms with E-state index in [0.717, 1.165) is 15.6 Å². The zero-order valence-electron chi connectivity index (χ0n) is 12.5. The van der Waals surface area contributed by atoms with E-state index in [1.807, 2.05) is 14.0 Å². The van der Waals surface area contributed by atoms with Crippen molar-refractivity contribution < 1.29 is 8.42 Å². The molecule has 8 heteroatoms. The molecular formula is C13H19N5O2S. The average molecular weight is 309 g/mol. The monoisotopic (exact) mass is 309 g/mol. The van der Waals surface area contributed by atoms with Crippen molar-refractivity contribution in [3.05, 3.63) is 35.8 Å². The van der Waals surface area contributed by atoms with Gasteiger partial charge in [-0.3, -0.25) is 4.68 Å². The quantitative estimate of drug-likeness (QED) is 0.891. The zero-order valence-corrected chi connectivity index (χ0v) is 13.3. The molecule has 1 N–H and O–H groups in total. The third-order valence-corrected chi connectivity index (χ3v) is 5.11. The van der Waals surface area contributed by atoms with Gasteiger partial charge in [0.1, 0.15) is 10.7 Å². The van der Waals surface area contributed by atoms with Crippen LogP contribution in [0.1, 0.15) is 11.3 Å². The number of anilines is 1. The fourth-order valence-corrected chi connectivity index (χ4v) is 2.60. The predicted octanol–water partition coefficient (Wildman–Crippen LogP) is 0.986. The molecule has 21 heavy (non-hydrogen) atoms. The van der Waals surface area contributed by atoms with Crippen LogP contribution in [-0.2, 0) is 23.6 Å². The van der Waals surface area contributed by atoms with Crippen LogP contribution in [-0.4, -0.2) is 41.6 Å². The molecule has 0 saturated heterocycles. The predicted molar refractivity (Wildman–Crippen MR) is 80.4 cm³/mol. The topological polar surface area (TPSA) is 80.1 Å². The number of hydrogen-bond donors (Lipinski definition) is 1. The summed E-state index contributed by atoms with van der Waals surface area (Å²) in [5, 5.41) is 7.32. The first-order valence-electron chi connectivity index (χ1n) is 6.42. The van der Waals surface area contributed by atoms with Crippen LogP contribution in [0.15, 0.2) is 29.4 Å². The van der Waals surface area contributed by atoms with E-state index in [2.05, 4.69) is 15.4 Å². The van der Waals surface area contributed by atoms with Crippen molar-refractivity contribution in [2.75, 3.05) is 19.4 Å². The van der Waals surface area contributed by atoms with Crippen molar-refractivity contribution in [2.45, 2.75) is 18.4 Å². The fourth-order valence-electron chi connectivity index (χ4n) is 1.75. The van der Waals surface area contributed by atoms with Gasteiger partial charge in [0, 0.05) is 45.1 Å². The lowest BCUT2D eigenvalue weighted by Gasteiger charge is -2.11. The van der Waals surface area contributed by atoms with Crippen molar-refractivity contribution in [3.8, 4) is 0 Å². The third-order valence-electron chi connectivity index (χ3n) is 3.31. The Balaban J connectivity index is 2.08. The molecule has 0 aliphatic heterocycles. The van der Waals surface area contributed by atoms with Crippen LogP contribution < -0.4 is 5.32 Å². The minimum Gasteiger partial charge on any atom is -0.366 e. The largest absolute Gasteiger partial charge is 0.366 e. The molecule has 2 heterocycles. The van der Waals surface area contributed by atoms with Gasteiger partial charge in [-0.15, -0.1) is 0 Å². The normalized spacial score (nSPS) is 11.9. The Morgan fingerprint density at radius 2 is 2.00 bits per heavy atom. The lowest BCUT2D eigenvalue weighted by atomic mass is 10.2. The van der Waals surface area contributed by atoms with Crippen LogP contribution in [0.5, 0.6) is 0 Å². The van der Waals surface area contributed by atoms with Gasteiger partial charge in [-0.1, -0.05) is 0 Å². The van der Waals surface area contributed by atoms with Crippen LogP contribution in [0.2, 0.25) is 0 Å². The van der Waals surface area contributed by atoms with Crippen LogP contribution >= 0.6 is 0 Å². The number of pyridine rings is 1. The smallest absolute Gasteiger partial charge is 0.244 e. The molecule has 0 aromatic carbocycles. The van der Waals surface area contributed by atoms with Gasteiger partial charge >= 0.3 is 0 Å². The first-order chi connectivity index (χ1) is 9.82. The number of aryl methyl sites for hydroxylation is 1. The Morgan fingerprint density at radius 3 is 2.48 bits per heavy atom. The van der Waals surface area contributed by atoms with E-state index in [0.29, 0.717) is 12.4 Å². The first kappa shape index (κ1) is 15.5. The lowest BCUT2D eigenvalue weighted by Crippen LogP contribution is -2.22. The molecule has 2 aromatic heterocycles. The molecule has 114 valence electrons. The van der Waals surface area contributed by atoms with E-state index in [9.17, 15) is 8.42 Å². The van der Waals surface area contributed by atoms with E-state index in [-0.39, 0.29) is 4.90 Å². The van der Waals surface area contributed by atoms with Gasteiger partial charge in [0.25, 0.3) is 0 Å². The van der Waals surface area contributed by atoms with Crippen molar-refractivity contribution >= 4 is 15.8 Å². The Morgan fingerprint density at radius 1 is 1.29 bits per heavy atom. The Bertz CT molecular complexity index is 720. The summed E-state index contributed by atoms with van der Waals surface area (Å²) in [4.78, 5) is 4.31. The Hall–Kier alpha value is -1.93. The maximum atomic E-state index is 11.9. The molecule has 0 aliphatic rings. The summed E-state index contributed by atoms with van der Waals surface area (Å²) in [5.41, 5.74) is 2.15. The number of sulfonamides is 1. The number of hydrogen-bond acceptors (Lipinski definition) is 5. The third kappa shape index (κ3) is 3.22. The Labute approximate surface area is 124 Å². The molecule has 0 unspecified atom stereocenters. The maximum absolute atomic E-state index is 11.9. The molecule has 0 amide bonds. The minimum absolute atomic E-state index is 0.176. The summed E-state index contributed by atoms with van der Waals surface area (Å²) in [6, 6.07) is 3.20. The van der Waals surface area contributed by atoms with Gasteiger partial charge in [0.15, 0.2) is 0 Å². The number of nitrogens with zero attached hydrogens (tertiary/aromatic N) is 4. The Kier molecular flexibility index (Phi) is 4.29. The van der Waals surface area contributed by atoms with Gasteiger partial charge in [-0.2, -0.15) is 5.10 Å². The average Bonchev–Trinajstić information content (AvgIpc) is 2.77.